The maximum absolute atomic E-state index is 11.7. The van der Waals surface area contributed by atoms with Crippen molar-refractivity contribution in [1.82, 2.24) is 10.2 Å². The molecule has 0 spiro atoms. The lowest BCUT2D eigenvalue weighted by Gasteiger charge is -2.33. The Labute approximate surface area is 128 Å². The molecule has 4 nitrogen and oxygen atoms in total. The van der Waals surface area contributed by atoms with Gasteiger partial charge in [0, 0.05) is 31.7 Å². The minimum Gasteiger partial charge on any atom is -0.310 e. The second-order valence-corrected chi connectivity index (χ2v) is 8.47. The molecule has 0 radical (unpaired) electrons. The molecule has 2 rings (SSSR count). The highest BCUT2D eigenvalue weighted by molar-refractivity contribution is 7.91. The molecule has 0 saturated carbocycles. The number of nitrogens with zero attached hydrogens (tertiary/aromatic N) is 1. The molecule has 1 unspecified atom stereocenters. The lowest BCUT2D eigenvalue weighted by atomic mass is 10.1. The Morgan fingerprint density at radius 2 is 1.95 bits per heavy atom. The van der Waals surface area contributed by atoms with Crippen LogP contribution in [0.2, 0.25) is 0 Å². The van der Waals surface area contributed by atoms with E-state index >= 15 is 0 Å². The van der Waals surface area contributed by atoms with E-state index in [1.54, 1.807) is 0 Å². The van der Waals surface area contributed by atoms with Crippen LogP contribution in [0.25, 0.3) is 0 Å². The molecule has 0 aromatic heterocycles. The summed E-state index contributed by atoms with van der Waals surface area (Å²) in [5, 5.41) is 3.45. The smallest absolute Gasteiger partial charge is 0.153 e. The zero-order valence-corrected chi connectivity index (χ0v) is 14.0. The Morgan fingerprint density at radius 3 is 2.57 bits per heavy atom. The predicted molar refractivity (Wildman–Crippen MR) is 86.9 cm³/mol. The monoisotopic (exact) mass is 310 g/mol. The third-order valence-electron chi connectivity index (χ3n) is 4.00. The standard InChI is InChI=1S/C16H26N2O2S/c1-13(2)17-10-15-6-4-5-7-16(15)11-18-8-9-21(19,20)12-14(18)3/h4-7,13-14,17H,8-12H2,1-3H3. The zero-order valence-electron chi connectivity index (χ0n) is 13.2. The minimum absolute atomic E-state index is 0.0925. The Hall–Kier alpha value is -0.910. The van der Waals surface area contributed by atoms with Crippen LogP contribution < -0.4 is 5.32 Å². The van der Waals surface area contributed by atoms with Crippen molar-refractivity contribution < 1.29 is 8.42 Å². The van der Waals surface area contributed by atoms with Gasteiger partial charge in [0.05, 0.1) is 11.5 Å². The molecule has 0 amide bonds. The molecule has 1 aromatic carbocycles. The van der Waals surface area contributed by atoms with Crippen molar-refractivity contribution >= 4 is 9.84 Å². The molecule has 1 heterocycles. The van der Waals surface area contributed by atoms with Gasteiger partial charge < -0.3 is 5.32 Å². The average molecular weight is 310 g/mol. The topological polar surface area (TPSA) is 49.4 Å². The van der Waals surface area contributed by atoms with Gasteiger partial charge in [-0.15, -0.1) is 0 Å². The Balaban J connectivity index is 2.06. The van der Waals surface area contributed by atoms with Crippen LogP contribution in [0.1, 0.15) is 31.9 Å². The van der Waals surface area contributed by atoms with Crippen LogP contribution in [0, 0.1) is 0 Å². The molecule has 1 atom stereocenters. The molecule has 1 N–H and O–H groups in total. The summed E-state index contributed by atoms with van der Waals surface area (Å²) in [6.07, 6.45) is 0. The average Bonchev–Trinajstić information content (AvgIpc) is 2.40. The second-order valence-electron chi connectivity index (χ2n) is 6.24. The molecule has 1 aromatic rings. The van der Waals surface area contributed by atoms with Crippen LogP contribution in [0.3, 0.4) is 0 Å². The van der Waals surface area contributed by atoms with Crippen LogP contribution >= 0.6 is 0 Å². The number of hydrogen-bond donors (Lipinski definition) is 1. The molecule has 0 aliphatic carbocycles. The minimum atomic E-state index is -2.84. The van der Waals surface area contributed by atoms with E-state index in [9.17, 15) is 8.42 Å². The summed E-state index contributed by atoms with van der Waals surface area (Å²) in [6.45, 7) is 8.60. The van der Waals surface area contributed by atoms with E-state index in [1.807, 2.05) is 6.92 Å². The SMILES string of the molecule is CC(C)NCc1ccccc1CN1CCS(=O)(=O)CC1C. The van der Waals surface area contributed by atoms with E-state index in [4.69, 9.17) is 0 Å². The number of benzene rings is 1. The first-order chi connectivity index (χ1) is 9.87. The molecule has 1 saturated heterocycles. The van der Waals surface area contributed by atoms with Crippen LogP contribution in [0.15, 0.2) is 24.3 Å². The van der Waals surface area contributed by atoms with E-state index in [2.05, 4.69) is 48.3 Å². The number of nitrogens with one attached hydrogen (secondary N) is 1. The van der Waals surface area contributed by atoms with Gasteiger partial charge in [-0.3, -0.25) is 4.90 Å². The van der Waals surface area contributed by atoms with Crippen LogP contribution in [-0.2, 0) is 22.9 Å². The maximum Gasteiger partial charge on any atom is 0.153 e. The van der Waals surface area contributed by atoms with E-state index in [1.165, 1.54) is 11.1 Å². The van der Waals surface area contributed by atoms with E-state index in [0.717, 1.165) is 13.1 Å². The quantitative estimate of drug-likeness (QED) is 0.901. The summed E-state index contributed by atoms with van der Waals surface area (Å²) < 4.78 is 23.3. The van der Waals surface area contributed by atoms with Crippen LogP contribution in [0.4, 0.5) is 0 Å². The normalized spacial score (nSPS) is 22.6. The van der Waals surface area contributed by atoms with Crippen molar-refractivity contribution in [1.29, 1.82) is 0 Å². The second kappa shape index (κ2) is 6.90. The highest BCUT2D eigenvalue weighted by Gasteiger charge is 2.28. The zero-order chi connectivity index (χ0) is 15.5. The van der Waals surface area contributed by atoms with Gasteiger partial charge in [0.25, 0.3) is 0 Å². The molecule has 0 bridgehead atoms. The molecule has 5 heteroatoms. The van der Waals surface area contributed by atoms with Crippen LogP contribution in [-0.4, -0.2) is 43.5 Å². The first-order valence-electron chi connectivity index (χ1n) is 7.62. The number of sulfone groups is 1. The van der Waals surface area contributed by atoms with Gasteiger partial charge >= 0.3 is 0 Å². The van der Waals surface area contributed by atoms with Crippen LogP contribution in [0.5, 0.6) is 0 Å². The number of hydrogen-bond acceptors (Lipinski definition) is 4. The van der Waals surface area contributed by atoms with Crippen molar-refractivity contribution in [2.24, 2.45) is 0 Å². The maximum atomic E-state index is 11.7. The first kappa shape index (κ1) is 16.5. The van der Waals surface area contributed by atoms with Crippen molar-refractivity contribution in [2.45, 2.75) is 45.9 Å². The number of rotatable bonds is 5. The molecule has 1 fully saturated rings. The van der Waals surface area contributed by atoms with Gasteiger partial charge in [0.1, 0.15) is 0 Å². The summed E-state index contributed by atoms with van der Waals surface area (Å²) in [6, 6.07) is 8.96. The first-order valence-corrected chi connectivity index (χ1v) is 9.44. The lowest BCUT2D eigenvalue weighted by Crippen LogP contribution is -2.46. The molecule has 21 heavy (non-hydrogen) atoms. The van der Waals surface area contributed by atoms with Gasteiger partial charge in [0.15, 0.2) is 9.84 Å². The summed E-state index contributed by atoms with van der Waals surface area (Å²) in [4.78, 5) is 2.27. The van der Waals surface area contributed by atoms with Crippen molar-refractivity contribution in [2.75, 3.05) is 18.1 Å². The van der Waals surface area contributed by atoms with Crippen molar-refractivity contribution in [3.8, 4) is 0 Å². The van der Waals surface area contributed by atoms with Gasteiger partial charge in [-0.2, -0.15) is 0 Å². The fourth-order valence-electron chi connectivity index (χ4n) is 2.68. The summed E-state index contributed by atoms with van der Waals surface area (Å²) in [7, 11) is -2.84. The fourth-order valence-corrected chi connectivity index (χ4v) is 4.31. The highest BCUT2D eigenvalue weighted by Crippen LogP contribution is 2.18. The molecule has 118 valence electrons. The van der Waals surface area contributed by atoms with Crippen molar-refractivity contribution in [3.63, 3.8) is 0 Å². The lowest BCUT2D eigenvalue weighted by molar-refractivity contribution is 0.217. The summed E-state index contributed by atoms with van der Waals surface area (Å²) in [5.74, 6) is 0.559. The highest BCUT2D eigenvalue weighted by atomic mass is 32.2. The third-order valence-corrected chi connectivity index (χ3v) is 5.80. The fraction of sp³-hybridized carbons (Fsp3) is 0.625. The van der Waals surface area contributed by atoms with E-state index in [-0.39, 0.29) is 17.5 Å². The van der Waals surface area contributed by atoms with Gasteiger partial charge in [-0.1, -0.05) is 38.1 Å². The Bertz CT molecular complexity index is 569. The summed E-state index contributed by atoms with van der Waals surface area (Å²) >= 11 is 0. The van der Waals surface area contributed by atoms with Gasteiger partial charge in [-0.05, 0) is 18.1 Å². The Kier molecular flexibility index (Phi) is 5.41. The van der Waals surface area contributed by atoms with E-state index < -0.39 is 9.84 Å². The molecule has 1 aliphatic heterocycles. The third kappa shape index (κ3) is 4.80. The summed E-state index contributed by atoms with van der Waals surface area (Å²) in [5.41, 5.74) is 2.59. The van der Waals surface area contributed by atoms with Gasteiger partial charge in [-0.25, -0.2) is 8.42 Å². The molecule has 1 aliphatic rings. The van der Waals surface area contributed by atoms with Gasteiger partial charge in [0.2, 0.25) is 0 Å². The molecular weight excluding hydrogens is 284 g/mol. The molecular formula is C16H26N2O2S. The van der Waals surface area contributed by atoms with Crippen molar-refractivity contribution in [3.05, 3.63) is 35.4 Å². The Morgan fingerprint density at radius 1 is 1.29 bits per heavy atom. The van der Waals surface area contributed by atoms with E-state index in [0.29, 0.717) is 12.6 Å². The largest absolute Gasteiger partial charge is 0.310 e. The predicted octanol–water partition coefficient (Wildman–Crippen LogP) is 1.80.